The quantitative estimate of drug-likeness (QED) is 0.382. The van der Waals surface area contributed by atoms with Crippen LogP contribution in [0.1, 0.15) is 31.9 Å². The monoisotopic (exact) mass is 459 g/mol. The fraction of sp³-hybridized carbons (Fsp3) is 0.391. The van der Waals surface area contributed by atoms with Gasteiger partial charge in [0.15, 0.2) is 0 Å². The van der Waals surface area contributed by atoms with E-state index >= 15 is 0 Å². The minimum absolute atomic E-state index is 0.0234. The lowest BCUT2D eigenvalue weighted by atomic mass is 9.78. The highest BCUT2D eigenvalue weighted by Gasteiger charge is 2.28. The second kappa shape index (κ2) is 11.6. The second-order valence-electron chi connectivity index (χ2n) is 8.27. The summed E-state index contributed by atoms with van der Waals surface area (Å²) in [7, 11) is 0.979. The standard InChI is InChI=1S/C23H30BNO8/c1-23(2,3)33-22(27)25-19(21(26)31-5)13-16-7-6-8-18(24(28)29)20(16)32-14-15-9-11-17(30-4)12-10-15/h6-12,19,28-29H,13-14H2,1-5H3,(H,25,27)/t19-/m1/s1. The van der Waals surface area contributed by atoms with Gasteiger partial charge in [0.05, 0.1) is 14.2 Å². The SMILES string of the molecule is COC(=O)[C@@H](Cc1cccc(B(O)O)c1OCc1ccc(OC)cc1)NC(=O)OC(C)(C)C. The molecular weight excluding hydrogens is 429 g/mol. The Hall–Kier alpha value is -3.24. The zero-order valence-electron chi connectivity index (χ0n) is 19.5. The molecule has 0 spiro atoms. The minimum Gasteiger partial charge on any atom is -0.497 e. The Bertz CT molecular complexity index is 940. The topological polar surface area (TPSA) is 124 Å². The van der Waals surface area contributed by atoms with Crippen LogP contribution in [-0.2, 0) is 27.3 Å². The molecule has 2 aromatic rings. The van der Waals surface area contributed by atoms with E-state index in [1.807, 2.05) is 12.1 Å². The van der Waals surface area contributed by atoms with Gasteiger partial charge in [-0.2, -0.15) is 0 Å². The first kappa shape index (κ1) is 26.0. The number of benzene rings is 2. The van der Waals surface area contributed by atoms with Crippen LogP contribution in [0.15, 0.2) is 42.5 Å². The molecule has 0 saturated heterocycles. The van der Waals surface area contributed by atoms with Crippen molar-refractivity contribution in [2.75, 3.05) is 14.2 Å². The predicted octanol–water partition coefficient (Wildman–Crippen LogP) is 1.56. The van der Waals surface area contributed by atoms with Crippen molar-refractivity contribution in [1.82, 2.24) is 5.32 Å². The van der Waals surface area contributed by atoms with Gasteiger partial charge in [0, 0.05) is 11.9 Å². The summed E-state index contributed by atoms with van der Waals surface area (Å²) in [5, 5.41) is 22.2. The maximum atomic E-state index is 12.3. The maximum absolute atomic E-state index is 12.3. The van der Waals surface area contributed by atoms with Crippen molar-refractivity contribution in [2.24, 2.45) is 0 Å². The first-order valence-corrected chi connectivity index (χ1v) is 10.3. The molecular formula is C23H30BNO8. The zero-order valence-corrected chi connectivity index (χ0v) is 19.5. The molecule has 0 radical (unpaired) electrons. The number of hydrogen-bond acceptors (Lipinski definition) is 8. The molecule has 0 saturated carbocycles. The fourth-order valence-corrected chi connectivity index (χ4v) is 3.03. The number of methoxy groups -OCH3 is 2. The van der Waals surface area contributed by atoms with Gasteiger partial charge in [-0.1, -0.05) is 30.3 Å². The smallest absolute Gasteiger partial charge is 0.492 e. The largest absolute Gasteiger partial charge is 0.497 e. The van der Waals surface area contributed by atoms with Gasteiger partial charge >= 0.3 is 19.2 Å². The molecule has 0 aliphatic heterocycles. The normalized spacial score (nSPS) is 11.8. The molecule has 0 fully saturated rings. The Morgan fingerprint density at radius 2 is 1.73 bits per heavy atom. The Kier molecular flexibility index (Phi) is 9.13. The summed E-state index contributed by atoms with van der Waals surface area (Å²) in [4.78, 5) is 24.6. The van der Waals surface area contributed by atoms with Crippen LogP contribution in [0.25, 0.3) is 0 Å². The molecule has 9 nitrogen and oxygen atoms in total. The fourth-order valence-electron chi connectivity index (χ4n) is 3.03. The van der Waals surface area contributed by atoms with Gasteiger partial charge in [-0.25, -0.2) is 9.59 Å². The van der Waals surface area contributed by atoms with Gasteiger partial charge < -0.3 is 34.3 Å². The third-order valence-corrected chi connectivity index (χ3v) is 4.55. The summed E-state index contributed by atoms with van der Waals surface area (Å²) in [5.41, 5.74) is 0.668. The number of amides is 1. The van der Waals surface area contributed by atoms with Crippen LogP contribution in [0.4, 0.5) is 4.79 Å². The average Bonchev–Trinajstić information content (AvgIpc) is 2.75. The third-order valence-electron chi connectivity index (χ3n) is 4.55. The molecule has 10 heteroatoms. The summed E-state index contributed by atoms with van der Waals surface area (Å²) < 4.78 is 21.1. The highest BCUT2D eigenvalue weighted by atomic mass is 16.6. The summed E-state index contributed by atoms with van der Waals surface area (Å²) in [5.74, 6) is 0.208. The first-order valence-electron chi connectivity index (χ1n) is 10.3. The summed E-state index contributed by atoms with van der Waals surface area (Å²) in [6.07, 6.45) is -0.804. The van der Waals surface area contributed by atoms with E-state index in [2.05, 4.69) is 5.32 Å². The Balaban J connectivity index is 2.29. The lowest BCUT2D eigenvalue weighted by Crippen LogP contribution is -2.45. The number of carbonyl (C=O) groups is 2. The van der Waals surface area contributed by atoms with Gasteiger partial charge in [0.25, 0.3) is 0 Å². The maximum Gasteiger partial charge on any atom is 0.492 e. The van der Waals surface area contributed by atoms with Gasteiger partial charge in [0.2, 0.25) is 0 Å². The van der Waals surface area contributed by atoms with Crippen molar-refractivity contribution >= 4 is 24.6 Å². The lowest BCUT2D eigenvalue weighted by molar-refractivity contribution is -0.143. The molecule has 0 aliphatic carbocycles. The van der Waals surface area contributed by atoms with E-state index in [-0.39, 0.29) is 24.2 Å². The number of rotatable bonds is 9. The number of alkyl carbamates (subject to hydrolysis) is 1. The van der Waals surface area contributed by atoms with Gasteiger partial charge in [-0.05, 0) is 44.0 Å². The third kappa shape index (κ3) is 8.00. The number of esters is 1. The van der Waals surface area contributed by atoms with Crippen LogP contribution in [0.3, 0.4) is 0 Å². The van der Waals surface area contributed by atoms with Crippen molar-refractivity contribution < 1.29 is 38.6 Å². The molecule has 3 N–H and O–H groups in total. The number of ether oxygens (including phenoxy) is 4. The van der Waals surface area contributed by atoms with Crippen LogP contribution in [0, 0.1) is 0 Å². The van der Waals surface area contributed by atoms with Crippen LogP contribution in [0.2, 0.25) is 0 Å². The van der Waals surface area contributed by atoms with Gasteiger partial charge in [-0.15, -0.1) is 0 Å². The molecule has 1 amide bonds. The Morgan fingerprint density at radius 3 is 2.27 bits per heavy atom. The Labute approximate surface area is 193 Å². The van der Waals surface area contributed by atoms with Crippen LogP contribution < -0.4 is 20.3 Å². The van der Waals surface area contributed by atoms with E-state index in [1.54, 1.807) is 52.1 Å². The zero-order chi connectivity index (χ0) is 24.6. The number of nitrogens with one attached hydrogen (secondary N) is 1. The molecule has 2 rings (SSSR count). The molecule has 33 heavy (non-hydrogen) atoms. The summed E-state index contributed by atoms with van der Waals surface area (Å²) in [6.45, 7) is 5.24. The molecule has 0 heterocycles. The number of para-hydroxylation sites is 1. The molecule has 2 aromatic carbocycles. The summed E-state index contributed by atoms with van der Waals surface area (Å²) in [6, 6.07) is 10.9. The Morgan fingerprint density at radius 1 is 1.06 bits per heavy atom. The van der Waals surface area contributed by atoms with Crippen LogP contribution >= 0.6 is 0 Å². The van der Waals surface area contributed by atoms with Crippen molar-refractivity contribution in [3.63, 3.8) is 0 Å². The molecule has 0 unspecified atom stereocenters. The molecule has 0 aromatic heterocycles. The van der Waals surface area contributed by atoms with Gasteiger partial charge in [-0.3, -0.25) is 0 Å². The van der Waals surface area contributed by atoms with E-state index in [0.29, 0.717) is 11.3 Å². The molecule has 1 atom stereocenters. The first-order chi connectivity index (χ1) is 15.5. The number of carbonyl (C=O) groups excluding carboxylic acids is 2. The van der Waals surface area contributed by atoms with Crippen LogP contribution in [-0.4, -0.2) is 55.1 Å². The van der Waals surface area contributed by atoms with Gasteiger partial charge in [0.1, 0.15) is 29.7 Å². The highest BCUT2D eigenvalue weighted by molar-refractivity contribution is 6.59. The highest BCUT2D eigenvalue weighted by Crippen LogP contribution is 2.21. The van der Waals surface area contributed by atoms with E-state index in [1.165, 1.54) is 13.2 Å². The second-order valence-corrected chi connectivity index (χ2v) is 8.27. The van der Waals surface area contributed by atoms with E-state index in [9.17, 15) is 19.6 Å². The predicted molar refractivity (Wildman–Crippen MR) is 122 cm³/mol. The molecule has 178 valence electrons. The van der Waals surface area contributed by atoms with Crippen LogP contribution in [0.5, 0.6) is 11.5 Å². The van der Waals surface area contributed by atoms with Crippen molar-refractivity contribution in [3.8, 4) is 11.5 Å². The van der Waals surface area contributed by atoms with E-state index in [4.69, 9.17) is 18.9 Å². The van der Waals surface area contributed by atoms with E-state index in [0.717, 1.165) is 5.56 Å². The molecule has 0 aliphatic rings. The van der Waals surface area contributed by atoms with Crippen molar-refractivity contribution in [3.05, 3.63) is 53.6 Å². The van der Waals surface area contributed by atoms with Crippen molar-refractivity contribution in [2.45, 2.75) is 45.4 Å². The van der Waals surface area contributed by atoms with E-state index < -0.39 is 30.8 Å². The summed E-state index contributed by atoms with van der Waals surface area (Å²) >= 11 is 0. The minimum atomic E-state index is -1.80. The lowest BCUT2D eigenvalue weighted by Gasteiger charge is -2.23. The average molecular weight is 459 g/mol. The van der Waals surface area contributed by atoms with Crippen molar-refractivity contribution in [1.29, 1.82) is 0 Å². The number of hydrogen-bond donors (Lipinski definition) is 3. The molecule has 0 bridgehead atoms.